The molecule has 3 nitrogen and oxygen atoms in total. The van der Waals surface area contributed by atoms with Gasteiger partial charge in [0.15, 0.2) is 0 Å². The van der Waals surface area contributed by atoms with E-state index in [0.29, 0.717) is 6.54 Å². The number of carbonyl (C=O) groups excluding carboxylic acids is 1. The van der Waals surface area contributed by atoms with Crippen LogP contribution < -0.4 is 0 Å². The molecule has 0 fully saturated rings. The van der Waals surface area contributed by atoms with Crippen LogP contribution in [0, 0.1) is 0 Å². The Balaban J connectivity index is 1.94. The van der Waals surface area contributed by atoms with Crippen molar-refractivity contribution in [3.8, 4) is 0 Å². The Morgan fingerprint density at radius 3 is 2.84 bits per heavy atom. The lowest BCUT2D eigenvalue weighted by Gasteiger charge is -2.14. The second-order valence-electron chi connectivity index (χ2n) is 4.07. The van der Waals surface area contributed by atoms with Crippen LogP contribution in [0.25, 0.3) is 6.08 Å². The number of hydrogen-bond acceptors (Lipinski definition) is 3. The minimum atomic E-state index is -0.0147. The monoisotopic (exact) mass is 336 g/mol. The Hall–Kier alpha value is -1.46. The lowest BCUT2D eigenvalue weighted by Crippen LogP contribution is -2.24. The number of halogens is 1. The molecule has 98 valence electrons. The molecule has 2 aromatic rings. The first kappa shape index (κ1) is 14.0. The number of amides is 1. The third-order valence-electron chi connectivity index (χ3n) is 2.55. The molecule has 0 spiro atoms. The fourth-order valence-electron chi connectivity index (χ4n) is 1.55. The van der Waals surface area contributed by atoms with Crippen molar-refractivity contribution in [3.05, 3.63) is 57.0 Å². The molecule has 0 unspecified atom stereocenters. The number of thiophene rings is 1. The van der Waals surface area contributed by atoms with Crippen molar-refractivity contribution in [2.45, 2.75) is 6.54 Å². The highest BCUT2D eigenvalue weighted by Gasteiger charge is 2.05. The van der Waals surface area contributed by atoms with Gasteiger partial charge >= 0.3 is 0 Å². The zero-order valence-electron chi connectivity index (χ0n) is 10.4. The molecule has 19 heavy (non-hydrogen) atoms. The summed E-state index contributed by atoms with van der Waals surface area (Å²) in [5, 5.41) is 2.00. The van der Waals surface area contributed by atoms with E-state index < -0.39 is 0 Å². The smallest absolute Gasteiger partial charge is 0.246 e. The summed E-state index contributed by atoms with van der Waals surface area (Å²) in [6.45, 7) is 0.582. The number of aromatic nitrogens is 1. The first-order valence-electron chi connectivity index (χ1n) is 5.71. The third kappa shape index (κ3) is 4.29. The summed E-state index contributed by atoms with van der Waals surface area (Å²) in [5.74, 6) is -0.0147. The van der Waals surface area contributed by atoms with Crippen LogP contribution >= 0.6 is 27.3 Å². The molecular formula is C14H13BrN2OS. The van der Waals surface area contributed by atoms with E-state index in [-0.39, 0.29) is 5.91 Å². The maximum Gasteiger partial charge on any atom is 0.246 e. The molecule has 0 bridgehead atoms. The van der Waals surface area contributed by atoms with Gasteiger partial charge in [-0.15, -0.1) is 11.3 Å². The van der Waals surface area contributed by atoms with E-state index in [2.05, 4.69) is 20.9 Å². The molecular weight excluding hydrogens is 324 g/mol. The minimum absolute atomic E-state index is 0.0147. The van der Waals surface area contributed by atoms with Crippen LogP contribution in [-0.4, -0.2) is 22.8 Å². The van der Waals surface area contributed by atoms with Crippen molar-refractivity contribution in [3.63, 3.8) is 0 Å². The molecule has 2 rings (SSSR count). The zero-order chi connectivity index (χ0) is 13.7. The lowest BCUT2D eigenvalue weighted by atomic mass is 10.2. The summed E-state index contributed by atoms with van der Waals surface area (Å²) in [6, 6.07) is 5.80. The summed E-state index contributed by atoms with van der Waals surface area (Å²) >= 11 is 5.00. The summed E-state index contributed by atoms with van der Waals surface area (Å²) in [6.07, 6.45) is 6.88. The SMILES string of the molecule is CN(Cc1ccncc1)C(=O)/C=C\c1csc(Br)c1. The largest absolute Gasteiger partial charge is 0.338 e. The predicted octanol–water partition coefficient (Wildman–Crippen LogP) is 3.58. The van der Waals surface area contributed by atoms with Gasteiger partial charge < -0.3 is 4.90 Å². The molecule has 0 saturated carbocycles. The Labute approximate surface area is 124 Å². The molecule has 0 aliphatic rings. The molecule has 0 aliphatic carbocycles. The van der Waals surface area contributed by atoms with Crippen molar-refractivity contribution in [2.75, 3.05) is 7.05 Å². The Bertz CT molecular complexity index is 580. The number of pyridine rings is 1. The van der Waals surface area contributed by atoms with Gasteiger partial charge in [-0.05, 0) is 56.7 Å². The number of carbonyl (C=O) groups is 1. The average molecular weight is 337 g/mol. The van der Waals surface area contributed by atoms with Gasteiger partial charge in [-0.3, -0.25) is 9.78 Å². The molecule has 0 N–H and O–H groups in total. The zero-order valence-corrected chi connectivity index (χ0v) is 12.8. The normalized spacial score (nSPS) is 10.8. The van der Waals surface area contributed by atoms with Crippen molar-refractivity contribution in [1.82, 2.24) is 9.88 Å². The molecule has 0 aliphatic heterocycles. The van der Waals surface area contributed by atoms with Crippen LogP contribution in [0.3, 0.4) is 0 Å². The van der Waals surface area contributed by atoms with Gasteiger partial charge in [0.1, 0.15) is 0 Å². The van der Waals surface area contributed by atoms with Crippen LogP contribution in [-0.2, 0) is 11.3 Å². The number of rotatable bonds is 4. The fraction of sp³-hybridized carbons (Fsp3) is 0.143. The van der Waals surface area contributed by atoms with Crippen molar-refractivity contribution >= 4 is 39.2 Å². The first-order valence-corrected chi connectivity index (χ1v) is 7.38. The van der Waals surface area contributed by atoms with Gasteiger partial charge in [-0.2, -0.15) is 0 Å². The van der Waals surface area contributed by atoms with Crippen molar-refractivity contribution in [1.29, 1.82) is 0 Å². The molecule has 5 heteroatoms. The molecule has 2 heterocycles. The highest BCUT2D eigenvalue weighted by Crippen LogP contribution is 2.21. The Kier molecular flexibility index (Phi) is 4.87. The van der Waals surface area contributed by atoms with E-state index in [9.17, 15) is 4.79 Å². The van der Waals surface area contributed by atoms with E-state index in [4.69, 9.17) is 0 Å². The van der Waals surface area contributed by atoms with Gasteiger partial charge in [-0.25, -0.2) is 0 Å². The lowest BCUT2D eigenvalue weighted by molar-refractivity contribution is -0.125. The van der Waals surface area contributed by atoms with Crippen LogP contribution in [0.4, 0.5) is 0 Å². The molecule has 0 aromatic carbocycles. The molecule has 2 aromatic heterocycles. The summed E-state index contributed by atoms with van der Waals surface area (Å²) < 4.78 is 1.06. The maximum absolute atomic E-state index is 11.9. The third-order valence-corrected chi connectivity index (χ3v) is 4.07. The number of hydrogen-bond donors (Lipinski definition) is 0. The van der Waals surface area contributed by atoms with Crippen LogP contribution in [0.1, 0.15) is 11.1 Å². The van der Waals surface area contributed by atoms with Gasteiger partial charge in [0.05, 0.1) is 3.79 Å². The van der Waals surface area contributed by atoms with Gasteiger partial charge in [0, 0.05) is 32.1 Å². The van der Waals surface area contributed by atoms with E-state index in [1.54, 1.807) is 41.8 Å². The minimum Gasteiger partial charge on any atom is -0.338 e. The molecule has 0 radical (unpaired) electrons. The Morgan fingerprint density at radius 1 is 1.47 bits per heavy atom. The van der Waals surface area contributed by atoms with Gasteiger partial charge in [0.25, 0.3) is 0 Å². The molecule has 1 amide bonds. The molecule has 0 atom stereocenters. The van der Waals surface area contributed by atoms with E-state index >= 15 is 0 Å². The maximum atomic E-state index is 11.9. The standard InChI is InChI=1S/C14H13BrN2OS/c1-17(9-11-4-6-16-7-5-11)14(18)3-2-12-8-13(15)19-10-12/h2-8,10H,9H2,1H3/b3-2-. The quantitative estimate of drug-likeness (QED) is 0.799. The van der Waals surface area contributed by atoms with E-state index in [0.717, 1.165) is 14.9 Å². The van der Waals surface area contributed by atoms with Gasteiger partial charge in [0.2, 0.25) is 5.91 Å². The fourth-order valence-corrected chi connectivity index (χ4v) is 2.69. The second kappa shape index (κ2) is 6.63. The first-order chi connectivity index (χ1) is 9.15. The average Bonchev–Trinajstić information content (AvgIpc) is 2.83. The summed E-state index contributed by atoms with van der Waals surface area (Å²) in [7, 11) is 1.79. The van der Waals surface area contributed by atoms with Crippen molar-refractivity contribution < 1.29 is 4.79 Å². The van der Waals surface area contributed by atoms with Crippen LogP contribution in [0.5, 0.6) is 0 Å². The van der Waals surface area contributed by atoms with Gasteiger partial charge in [-0.1, -0.05) is 0 Å². The number of nitrogens with zero attached hydrogens (tertiary/aromatic N) is 2. The van der Waals surface area contributed by atoms with Crippen LogP contribution in [0.15, 0.2) is 45.8 Å². The second-order valence-corrected chi connectivity index (χ2v) is 6.36. The molecule has 0 saturated heterocycles. The van der Waals surface area contributed by atoms with E-state index in [1.165, 1.54) is 0 Å². The van der Waals surface area contributed by atoms with Crippen molar-refractivity contribution in [2.24, 2.45) is 0 Å². The van der Waals surface area contributed by atoms with Crippen LogP contribution in [0.2, 0.25) is 0 Å². The highest BCUT2D eigenvalue weighted by atomic mass is 79.9. The topological polar surface area (TPSA) is 33.2 Å². The summed E-state index contributed by atoms with van der Waals surface area (Å²) in [5.41, 5.74) is 2.10. The van der Waals surface area contributed by atoms with E-state index in [1.807, 2.05) is 29.7 Å². The Morgan fingerprint density at radius 2 is 2.21 bits per heavy atom. The number of likely N-dealkylation sites (N-methyl/N-ethyl adjacent to an activating group) is 1. The summed E-state index contributed by atoms with van der Waals surface area (Å²) in [4.78, 5) is 17.6. The predicted molar refractivity (Wildman–Crippen MR) is 81.8 cm³/mol. The highest BCUT2D eigenvalue weighted by molar-refractivity contribution is 9.11.